The topological polar surface area (TPSA) is 35.5 Å². The number of esters is 1. The van der Waals surface area contributed by atoms with Crippen LogP contribution in [0.1, 0.15) is 41.0 Å². The molecule has 0 amide bonds. The van der Waals surface area contributed by atoms with Crippen LogP contribution < -0.4 is 0 Å². The van der Waals surface area contributed by atoms with Crippen molar-refractivity contribution in [1.29, 1.82) is 0 Å². The van der Waals surface area contributed by atoms with E-state index in [0.29, 0.717) is 0 Å². The van der Waals surface area contributed by atoms with E-state index in [2.05, 4.69) is 0 Å². The molecule has 0 aromatic rings. The molecule has 0 aromatic carbocycles. The molecule has 0 aliphatic rings. The monoisotopic (exact) mass is 204 g/mol. The van der Waals surface area contributed by atoms with E-state index < -0.39 is 9.76 Å². The zero-order chi connectivity index (χ0) is 10.5. The predicted octanol–water partition coefficient (Wildman–Crippen LogP) is 1.18. The van der Waals surface area contributed by atoms with Gasteiger partial charge in [0.15, 0.2) is 0 Å². The molecule has 0 aliphatic carbocycles. The summed E-state index contributed by atoms with van der Waals surface area (Å²) >= 11 is 0. The summed E-state index contributed by atoms with van der Waals surface area (Å²) in [6, 6.07) is 0. The molecule has 0 spiro atoms. The van der Waals surface area contributed by atoms with Gasteiger partial charge in [-0.1, -0.05) is 6.92 Å². The van der Waals surface area contributed by atoms with Crippen LogP contribution in [0.15, 0.2) is 0 Å². The first-order valence-corrected chi connectivity index (χ1v) is 6.05. The smallest absolute Gasteiger partial charge is 0.302 e. The summed E-state index contributed by atoms with van der Waals surface area (Å²) in [6.45, 7) is 9.49. The second-order valence-electron chi connectivity index (χ2n) is 4.06. The lowest BCUT2D eigenvalue weighted by Crippen LogP contribution is -2.31. The van der Waals surface area contributed by atoms with Crippen molar-refractivity contribution in [2.24, 2.45) is 0 Å². The first-order chi connectivity index (χ1) is 5.85. The van der Waals surface area contributed by atoms with Crippen molar-refractivity contribution in [2.75, 3.05) is 0 Å². The molecule has 0 bridgehead atoms. The number of rotatable bonds is 4. The summed E-state index contributed by atoms with van der Waals surface area (Å²) in [7, 11) is -0.765. The number of carbonyl (C=O) groups is 1. The maximum Gasteiger partial charge on any atom is 0.302 e. The quantitative estimate of drug-likeness (QED) is 0.509. The molecule has 0 heterocycles. The van der Waals surface area contributed by atoms with Gasteiger partial charge in [-0.2, -0.15) is 0 Å². The second kappa shape index (κ2) is 5.39. The fourth-order valence-corrected chi connectivity index (χ4v) is 2.04. The van der Waals surface area contributed by atoms with Crippen molar-refractivity contribution < 1.29 is 14.0 Å². The van der Waals surface area contributed by atoms with Crippen LogP contribution in [0.25, 0.3) is 0 Å². The summed E-state index contributed by atoms with van der Waals surface area (Å²) in [5, 5.41) is 0. The van der Waals surface area contributed by atoms with E-state index in [0.717, 1.165) is 6.42 Å². The molecule has 4 heteroatoms. The summed E-state index contributed by atoms with van der Waals surface area (Å²) in [5.74, 6) is -0.211. The Morgan fingerprint density at radius 2 is 2.00 bits per heavy atom. The van der Waals surface area contributed by atoms with Crippen LogP contribution in [0, 0.1) is 0 Å². The Bertz CT molecular complexity index is 163. The summed E-state index contributed by atoms with van der Waals surface area (Å²) in [4.78, 5) is 10.7. The zero-order valence-electron chi connectivity index (χ0n) is 9.22. The molecule has 0 aliphatic heterocycles. The number of ether oxygens (including phenoxy) is 1. The number of hydrogen-bond acceptors (Lipinski definition) is 3. The minimum Gasteiger partial charge on any atom is -0.464 e. The Kier molecular flexibility index (Phi) is 5.25. The largest absolute Gasteiger partial charge is 0.464 e. The first kappa shape index (κ1) is 12.6. The highest BCUT2D eigenvalue weighted by Gasteiger charge is 2.16. The molecular formula is C9H20O3Si. The zero-order valence-corrected chi connectivity index (χ0v) is 10.6. The molecule has 0 radical (unpaired) electrons. The van der Waals surface area contributed by atoms with Gasteiger partial charge >= 0.3 is 5.97 Å². The third-order valence-electron chi connectivity index (χ3n) is 1.49. The predicted molar refractivity (Wildman–Crippen MR) is 55.2 cm³/mol. The molecule has 0 saturated heterocycles. The maximum atomic E-state index is 10.7. The maximum absolute atomic E-state index is 10.7. The first-order valence-electron chi connectivity index (χ1n) is 4.66. The third kappa shape index (κ3) is 7.99. The van der Waals surface area contributed by atoms with Gasteiger partial charge in [0.25, 0.3) is 0 Å². The summed E-state index contributed by atoms with van der Waals surface area (Å²) < 4.78 is 10.7. The van der Waals surface area contributed by atoms with E-state index in [1.165, 1.54) is 6.92 Å². The Hall–Kier alpha value is -0.353. The molecule has 0 rings (SSSR count). The second-order valence-corrected chi connectivity index (χ2v) is 5.60. The van der Waals surface area contributed by atoms with Crippen molar-refractivity contribution in [1.82, 2.24) is 0 Å². The lowest BCUT2D eigenvalue weighted by Gasteiger charge is -2.23. The minimum absolute atomic E-state index is 0.0247. The van der Waals surface area contributed by atoms with E-state index in [1.807, 2.05) is 27.7 Å². The molecule has 1 unspecified atom stereocenters. The van der Waals surface area contributed by atoms with E-state index in [9.17, 15) is 4.79 Å². The fraction of sp³-hybridized carbons (Fsp3) is 0.889. The van der Waals surface area contributed by atoms with Crippen LogP contribution in [0.3, 0.4) is 0 Å². The lowest BCUT2D eigenvalue weighted by molar-refractivity contribution is -0.143. The Labute approximate surface area is 82.7 Å². The van der Waals surface area contributed by atoms with Crippen molar-refractivity contribution in [2.45, 2.75) is 52.4 Å². The highest BCUT2D eigenvalue weighted by Crippen LogP contribution is 2.08. The fourth-order valence-electron chi connectivity index (χ4n) is 0.813. The van der Waals surface area contributed by atoms with Gasteiger partial charge in [-0.25, -0.2) is 0 Å². The van der Waals surface area contributed by atoms with Gasteiger partial charge in [0, 0.05) is 12.5 Å². The lowest BCUT2D eigenvalue weighted by atomic mass is 10.2. The Balaban J connectivity index is 3.79. The van der Waals surface area contributed by atoms with E-state index >= 15 is 0 Å². The van der Waals surface area contributed by atoms with Gasteiger partial charge in [-0.15, -0.1) is 0 Å². The van der Waals surface area contributed by atoms with Crippen LogP contribution in [-0.4, -0.2) is 27.1 Å². The average molecular weight is 204 g/mol. The molecule has 0 aromatic heterocycles. The summed E-state index contributed by atoms with van der Waals surface area (Å²) in [5.41, 5.74) is -0.0866. The molecule has 0 N–H and O–H groups in total. The molecule has 0 saturated carbocycles. The molecule has 0 fully saturated rings. The average Bonchev–Trinajstić information content (AvgIpc) is 1.95. The molecule has 3 nitrogen and oxygen atoms in total. The van der Waals surface area contributed by atoms with Crippen LogP contribution in [0.2, 0.25) is 0 Å². The molecular weight excluding hydrogens is 184 g/mol. The van der Waals surface area contributed by atoms with Gasteiger partial charge < -0.3 is 9.16 Å². The van der Waals surface area contributed by atoms with Gasteiger partial charge in [0.2, 0.25) is 9.76 Å². The molecule has 1 atom stereocenters. The highest BCUT2D eigenvalue weighted by molar-refractivity contribution is 6.29. The minimum atomic E-state index is -0.765. The normalized spacial score (nSPS) is 14.8. The van der Waals surface area contributed by atoms with Crippen LogP contribution in [0.4, 0.5) is 0 Å². The third-order valence-corrected chi connectivity index (χ3v) is 3.64. The van der Waals surface area contributed by atoms with Crippen LogP contribution >= 0.6 is 0 Å². The van der Waals surface area contributed by atoms with E-state index in [4.69, 9.17) is 9.16 Å². The van der Waals surface area contributed by atoms with Crippen molar-refractivity contribution in [3.63, 3.8) is 0 Å². The van der Waals surface area contributed by atoms with Gasteiger partial charge in [-0.05, 0) is 27.2 Å². The number of hydrogen-bond donors (Lipinski definition) is 0. The summed E-state index contributed by atoms with van der Waals surface area (Å²) in [6.07, 6.45) is 0.849. The molecule has 13 heavy (non-hydrogen) atoms. The van der Waals surface area contributed by atoms with E-state index in [-0.39, 0.29) is 17.3 Å². The Morgan fingerprint density at radius 3 is 2.31 bits per heavy atom. The van der Waals surface area contributed by atoms with Crippen LogP contribution in [0.5, 0.6) is 0 Å². The van der Waals surface area contributed by atoms with Gasteiger partial charge in [0.05, 0.1) is 0 Å². The van der Waals surface area contributed by atoms with Crippen molar-refractivity contribution in [3.8, 4) is 0 Å². The SMILES string of the molecule is CCC(OC(C)=O)[SiH2]OC(C)(C)C. The molecule has 78 valence electrons. The van der Waals surface area contributed by atoms with Crippen molar-refractivity contribution in [3.05, 3.63) is 0 Å². The van der Waals surface area contributed by atoms with Gasteiger partial charge in [-0.3, -0.25) is 4.79 Å². The standard InChI is InChI=1S/C9H20O3Si/c1-6-8(11-7(2)10)13-12-9(3,4)5/h8H,6,13H2,1-5H3. The van der Waals surface area contributed by atoms with Crippen LogP contribution in [-0.2, 0) is 14.0 Å². The Morgan fingerprint density at radius 1 is 1.46 bits per heavy atom. The van der Waals surface area contributed by atoms with E-state index in [1.54, 1.807) is 0 Å². The number of carbonyl (C=O) groups excluding carboxylic acids is 1. The van der Waals surface area contributed by atoms with Crippen molar-refractivity contribution >= 4 is 15.7 Å². The highest BCUT2D eigenvalue weighted by atomic mass is 28.2. The van der Waals surface area contributed by atoms with Gasteiger partial charge in [0.1, 0.15) is 5.73 Å².